The van der Waals surface area contributed by atoms with Crippen molar-refractivity contribution >= 4 is 116 Å². The van der Waals surface area contributed by atoms with Crippen LogP contribution in [0.2, 0.25) is 0 Å². The second-order valence-corrected chi connectivity index (χ2v) is 27.8. The van der Waals surface area contributed by atoms with Gasteiger partial charge >= 0.3 is 36.0 Å². The molecule has 12 unspecified atom stereocenters. The zero-order valence-corrected chi connectivity index (χ0v) is 62.0. The van der Waals surface area contributed by atoms with Crippen LogP contribution < -0.4 is 37.2 Å². The minimum atomic E-state index is -1.08. The standard InChI is InChI=1S/C29H29N7O7.C23H26N6O6.C23H24N6O6/c1-29(2)42-22-19(11-12-20(37)33-18-10-6-7-16(13-18)27(38)39)41-26(23(22)43-29)36-15-32-21-24(30-14-31-25(21)36)35-28(40)34-17-8-4-3-5-9-17;2*1-23(2)34-17-14(9-10-15(30)32-3)33-21(18(17)35-23)29-12-26-16-19(24-11-25-20(16)29)28-22(31)27-13-7-5-4-6-8-13/h3-10,13-15,19,22-23,26H,11-12H2,1-2H3,(H,33,37)(H,38,39)(H2,30,31,34,35,40);4-8,11-12,14,17-18,21H,9-10H2,1-3H3,(H2,24,25,27,28,31);4-12,14,17-18,21H,1-3H3,(H2,24,25,27,28,31)/b;;10-9+. The third kappa shape index (κ3) is 17.7. The van der Waals surface area contributed by atoms with Gasteiger partial charge in [-0.15, -0.1) is 0 Å². The molecule has 7 amide bonds. The third-order valence-corrected chi connectivity index (χ3v) is 18.5. The van der Waals surface area contributed by atoms with Gasteiger partial charge in [0.2, 0.25) is 5.91 Å². The number of aromatic carboxylic acids is 1. The van der Waals surface area contributed by atoms with Gasteiger partial charge in [0.1, 0.15) is 61.7 Å². The van der Waals surface area contributed by atoms with Crippen LogP contribution in [0.1, 0.15) is 96.3 Å². The molecule has 0 bridgehead atoms. The number of nitrogens with zero attached hydrogens (tertiary/aromatic N) is 12. The smallest absolute Gasteiger partial charge is 0.335 e. The number of fused-ring (bicyclic) bond motifs is 6. The van der Waals surface area contributed by atoms with E-state index >= 15 is 0 Å². The summed E-state index contributed by atoms with van der Waals surface area (Å²) in [7, 11) is 2.65. The quantitative estimate of drug-likeness (QED) is 0.0276. The molecule has 4 aromatic carbocycles. The molecule has 6 aromatic heterocycles. The van der Waals surface area contributed by atoms with Gasteiger partial charge < -0.3 is 78.5 Å². The Morgan fingerprint density at radius 2 is 0.814 bits per heavy atom. The Balaban J connectivity index is 0.000000142. The number of hydrogen-bond acceptors (Lipinski definition) is 27. The number of esters is 2. The van der Waals surface area contributed by atoms with Crippen LogP contribution in [0.15, 0.2) is 165 Å². The summed E-state index contributed by atoms with van der Waals surface area (Å²) < 4.78 is 70.2. The summed E-state index contributed by atoms with van der Waals surface area (Å²) in [6.07, 6.45) is 6.35. The number of amides is 7. The third-order valence-electron chi connectivity index (χ3n) is 18.5. The topological polar surface area (TPSA) is 456 Å². The van der Waals surface area contributed by atoms with Crippen LogP contribution >= 0.6 is 0 Å². The van der Waals surface area contributed by atoms with Gasteiger partial charge in [-0.3, -0.25) is 39.2 Å². The van der Waals surface area contributed by atoms with Crippen LogP contribution in [0.25, 0.3) is 33.5 Å². The fourth-order valence-electron chi connectivity index (χ4n) is 13.8. The van der Waals surface area contributed by atoms with Crippen molar-refractivity contribution in [3.63, 3.8) is 0 Å². The summed E-state index contributed by atoms with van der Waals surface area (Å²) in [5.74, 6) is -4.03. The van der Waals surface area contributed by atoms with Crippen molar-refractivity contribution in [2.24, 2.45) is 0 Å². The zero-order chi connectivity index (χ0) is 79.3. The Labute approximate surface area is 643 Å². The first-order chi connectivity index (χ1) is 54.3. The van der Waals surface area contributed by atoms with Gasteiger partial charge in [-0.1, -0.05) is 60.7 Å². The highest BCUT2D eigenvalue weighted by molar-refractivity contribution is 6.05. The maximum Gasteiger partial charge on any atom is 0.335 e. The second-order valence-electron chi connectivity index (χ2n) is 27.8. The molecule has 6 aliphatic heterocycles. The highest BCUT2D eigenvalue weighted by Crippen LogP contribution is 2.48. The van der Waals surface area contributed by atoms with Crippen molar-refractivity contribution in [3.05, 3.63) is 171 Å². The number of ether oxygens (including phenoxy) is 11. The molecule has 0 aliphatic carbocycles. The molecule has 16 rings (SSSR count). The zero-order valence-electron chi connectivity index (χ0n) is 62.0. The Hall–Kier alpha value is -12.4. The summed E-state index contributed by atoms with van der Waals surface area (Å²) in [6.45, 7) is 10.9. The van der Waals surface area contributed by atoms with Gasteiger partial charge in [0.25, 0.3) is 0 Å². The molecule has 0 saturated carbocycles. The van der Waals surface area contributed by atoms with E-state index in [1.807, 2.05) is 96.1 Å². The molecule has 113 heavy (non-hydrogen) atoms. The predicted molar refractivity (Wildman–Crippen MR) is 400 cm³/mol. The first-order valence-corrected chi connectivity index (χ1v) is 35.8. The summed E-state index contributed by atoms with van der Waals surface area (Å²) >= 11 is 0. The average molecular weight is 1550 g/mol. The van der Waals surface area contributed by atoms with Crippen molar-refractivity contribution in [1.82, 2.24) is 58.6 Å². The summed E-state index contributed by atoms with van der Waals surface area (Å²) in [4.78, 5) is 124. The molecule has 8 N–H and O–H groups in total. The number of benzene rings is 4. The van der Waals surface area contributed by atoms with Gasteiger partial charge in [0, 0.05) is 41.7 Å². The average Bonchev–Trinajstić information content (AvgIpc) is 1.60. The van der Waals surface area contributed by atoms with E-state index in [9.17, 15) is 38.7 Å². The molecular weight excluding hydrogens is 1470 g/mol. The van der Waals surface area contributed by atoms with Crippen molar-refractivity contribution in [2.75, 3.05) is 51.4 Å². The lowest BCUT2D eigenvalue weighted by molar-refractivity contribution is -0.197. The Bertz CT molecular complexity index is 5190. The number of aromatic nitrogens is 12. The molecule has 6 fully saturated rings. The number of methoxy groups -OCH3 is 2. The minimum absolute atomic E-state index is 0.0768. The summed E-state index contributed by atoms with van der Waals surface area (Å²) in [5.41, 5.74) is 4.81. The highest BCUT2D eigenvalue weighted by atomic mass is 16.8. The lowest BCUT2D eigenvalue weighted by Crippen LogP contribution is -2.30. The number of rotatable bonds is 19. The summed E-state index contributed by atoms with van der Waals surface area (Å²) in [5, 5.41) is 28.3. The summed E-state index contributed by atoms with van der Waals surface area (Å²) in [6, 6.07) is 31.7. The minimum Gasteiger partial charge on any atom is -0.478 e. The fraction of sp³-hybridized carbons (Fsp3) is 0.360. The van der Waals surface area contributed by atoms with Gasteiger partial charge in [0.15, 0.2) is 87.0 Å². The second kappa shape index (κ2) is 32.9. The number of hydrogen-bond donors (Lipinski definition) is 8. The first-order valence-electron chi connectivity index (χ1n) is 35.8. The normalized spacial score (nSPS) is 23.9. The maximum atomic E-state index is 12.7. The lowest BCUT2D eigenvalue weighted by Gasteiger charge is -2.24. The van der Waals surface area contributed by atoms with Crippen LogP contribution in [-0.2, 0) is 66.5 Å². The fourth-order valence-corrected chi connectivity index (χ4v) is 13.8. The number of carboxylic acids is 1. The highest BCUT2D eigenvalue weighted by Gasteiger charge is 2.59. The molecular formula is C75H79N19O19. The van der Waals surface area contributed by atoms with Crippen LogP contribution in [0, 0.1) is 0 Å². The van der Waals surface area contributed by atoms with E-state index in [1.54, 1.807) is 87.3 Å². The molecule has 38 nitrogen and oxygen atoms in total. The Morgan fingerprint density at radius 1 is 0.434 bits per heavy atom. The van der Waals surface area contributed by atoms with Crippen LogP contribution in [0.3, 0.4) is 0 Å². The molecule has 0 spiro atoms. The van der Waals surface area contributed by atoms with Crippen molar-refractivity contribution in [3.8, 4) is 0 Å². The molecule has 588 valence electrons. The van der Waals surface area contributed by atoms with Crippen molar-refractivity contribution < 1.29 is 90.8 Å². The molecule has 6 saturated heterocycles. The largest absolute Gasteiger partial charge is 0.478 e. The van der Waals surface area contributed by atoms with Crippen molar-refractivity contribution in [1.29, 1.82) is 0 Å². The molecule has 10 aromatic rings. The van der Waals surface area contributed by atoms with E-state index in [-0.39, 0.29) is 59.9 Å². The van der Waals surface area contributed by atoms with Gasteiger partial charge in [0.05, 0.1) is 51.0 Å². The van der Waals surface area contributed by atoms with Gasteiger partial charge in [-0.25, -0.2) is 68.8 Å². The number of carbonyl (C=O) groups is 7. The number of imidazole rings is 3. The van der Waals surface area contributed by atoms with E-state index < -0.39 is 109 Å². The monoisotopic (exact) mass is 1550 g/mol. The van der Waals surface area contributed by atoms with Crippen molar-refractivity contribution in [2.45, 2.75) is 158 Å². The van der Waals surface area contributed by atoms with E-state index in [0.29, 0.717) is 69.1 Å². The maximum absolute atomic E-state index is 12.7. The molecule has 0 radical (unpaired) electrons. The number of carboxylic acid groups (broad SMARTS) is 1. The van der Waals surface area contributed by atoms with E-state index in [2.05, 4.69) is 86.8 Å². The van der Waals surface area contributed by atoms with Crippen LogP contribution in [0.4, 0.5) is 54.6 Å². The Kier molecular flexibility index (Phi) is 22.5. The lowest BCUT2D eigenvalue weighted by atomic mass is 10.1. The molecule has 38 heteroatoms. The molecule has 12 heterocycles. The number of carbonyl (C=O) groups excluding carboxylic acids is 6. The number of para-hydroxylation sites is 3. The van der Waals surface area contributed by atoms with E-state index in [0.717, 1.165) is 0 Å². The number of urea groups is 3. The molecule has 6 aliphatic rings. The molecule has 12 atom stereocenters. The van der Waals surface area contributed by atoms with Crippen LogP contribution in [0.5, 0.6) is 0 Å². The number of anilines is 7. The number of nitrogens with one attached hydrogen (secondary N) is 7. The van der Waals surface area contributed by atoms with Gasteiger partial charge in [-0.2, -0.15) is 0 Å². The first kappa shape index (κ1) is 77.3. The van der Waals surface area contributed by atoms with Gasteiger partial charge in [-0.05, 0) is 115 Å². The van der Waals surface area contributed by atoms with E-state index in [4.69, 9.17) is 47.4 Å². The Morgan fingerprint density at radius 3 is 1.22 bits per heavy atom. The van der Waals surface area contributed by atoms with E-state index in [1.165, 1.54) is 51.4 Å². The predicted octanol–water partition coefficient (Wildman–Crippen LogP) is 9.46. The SMILES string of the molecule is CC1(C)OC2C(CCC(=O)Nc3cccc(C(=O)O)c3)OC(n3cnc4c(NC(=O)Nc5ccccc5)ncnc43)C2O1.COC(=O)/C=C/C1OC(n2cnc3c(NC(=O)Nc4ccccc4)ncnc32)C2OC(C)(C)OC12.COC(=O)CCC1OC(n2cnc3c(NC(=O)Nc4ccccc4)ncnc32)C2OC(C)(C)OC12. The van der Waals surface area contributed by atoms with Crippen LogP contribution in [-0.4, -0.2) is 192 Å².